The molecule has 0 aliphatic rings. The summed E-state index contributed by atoms with van der Waals surface area (Å²) in [6.07, 6.45) is 1.04. The van der Waals surface area contributed by atoms with Gasteiger partial charge in [0, 0.05) is 0 Å². The van der Waals surface area contributed by atoms with Crippen LogP contribution in [0, 0.1) is 6.07 Å². The summed E-state index contributed by atoms with van der Waals surface area (Å²) in [5.74, 6) is 0.930. The molecule has 0 aliphatic heterocycles. The lowest BCUT2D eigenvalue weighted by Gasteiger charge is -2.19. The van der Waals surface area contributed by atoms with Crippen LogP contribution in [-0.2, 0) is 5.41 Å². The third-order valence-corrected chi connectivity index (χ3v) is 2.10. The number of benzene rings is 1. The van der Waals surface area contributed by atoms with Gasteiger partial charge in [-0.25, -0.2) is 0 Å². The van der Waals surface area contributed by atoms with Crippen LogP contribution < -0.4 is 4.74 Å². The highest BCUT2D eigenvalue weighted by molar-refractivity contribution is 5.31. The average Bonchev–Trinajstić information content (AvgIpc) is 2.14. The highest BCUT2D eigenvalue weighted by Gasteiger charge is 2.13. The first-order valence-electron chi connectivity index (χ1n) is 5.18. The van der Waals surface area contributed by atoms with Crippen LogP contribution in [0.25, 0.3) is 0 Å². The summed E-state index contributed by atoms with van der Waals surface area (Å²) in [6.45, 7) is 9.47. The maximum atomic E-state index is 5.56. The van der Waals surface area contributed by atoms with Gasteiger partial charge < -0.3 is 4.74 Å². The highest BCUT2D eigenvalue weighted by Crippen LogP contribution is 2.25. The van der Waals surface area contributed by atoms with Gasteiger partial charge in [0.25, 0.3) is 0 Å². The fourth-order valence-corrected chi connectivity index (χ4v) is 1.19. The van der Waals surface area contributed by atoms with E-state index in [2.05, 4.69) is 39.8 Å². The van der Waals surface area contributed by atoms with E-state index in [1.807, 2.05) is 12.1 Å². The molecule has 0 saturated heterocycles. The molecular weight excluding hydrogens is 172 g/mol. The molecule has 0 spiro atoms. The summed E-state index contributed by atoms with van der Waals surface area (Å²) in [6, 6.07) is 9.14. The Bertz CT molecular complexity index is 284. The standard InChI is InChI=1S/C13H19O/c1-5-9-14-12-8-6-7-11(10-12)13(2,3)4/h7-8,10H,5,9H2,1-4H3. The molecule has 77 valence electrons. The molecule has 1 heteroatoms. The third kappa shape index (κ3) is 3.06. The highest BCUT2D eigenvalue weighted by atomic mass is 16.5. The van der Waals surface area contributed by atoms with Crippen LogP contribution in [0.5, 0.6) is 5.75 Å². The summed E-state index contributed by atoms with van der Waals surface area (Å²) in [4.78, 5) is 0. The van der Waals surface area contributed by atoms with Crippen LogP contribution in [0.2, 0.25) is 0 Å². The first-order valence-corrected chi connectivity index (χ1v) is 5.18. The Morgan fingerprint density at radius 1 is 1.29 bits per heavy atom. The summed E-state index contributed by atoms with van der Waals surface area (Å²) in [5, 5.41) is 0. The van der Waals surface area contributed by atoms with Crippen molar-refractivity contribution in [1.29, 1.82) is 0 Å². The predicted molar refractivity (Wildman–Crippen MR) is 59.8 cm³/mol. The van der Waals surface area contributed by atoms with Crippen LogP contribution in [-0.4, -0.2) is 6.61 Å². The van der Waals surface area contributed by atoms with Crippen molar-refractivity contribution in [2.75, 3.05) is 6.61 Å². The molecule has 0 unspecified atom stereocenters. The molecule has 1 rings (SSSR count). The van der Waals surface area contributed by atoms with E-state index in [9.17, 15) is 0 Å². The van der Waals surface area contributed by atoms with Crippen molar-refractivity contribution in [3.63, 3.8) is 0 Å². The molecule has 14 heavy (non-hydrogen) atoms. The molecule has 1 nitrogen and oxygen atoms in total. The molecule has 1 aromatic rings. The van der Waals surface area contributed by atoms with E-state index < -0.39 is 0 Å². The van der Waals surface area contributed by atoms with Gasteiger partial charge in [0.05, 0.1) is 6.61 Å². The maximum Gasteiger partial charge on any atom is 0.120 e. The van der Waals surface area contributed by atoms with Crippen molar-refractivity contribution in [2.24, 2.45) is 0 Å². The lowest BCUT2D eigenvalue weighted by molar-refractivity contribution is 0.316. The molecule has 0 bridgehead atoms. The number of rotatable bonds is 3. The minimum Gasteiger partial charge on any atom is -0.494 e. The first kappa shape index (κ1) is 11.1. The van der Waals surface area contributed by atoms with Crippen molar-refractivity contribution in [2.45, 2.75) is 39.5 Å². The van der Waals surface area contributed by atoms with E-state index in [0.717, 1.165) is 18.8 Å². The normalized spacial score (nSPS) is 11.4. The van der Waals surface area contributed by atoms with Gasteiger partial charge in [-0.15, -0.1) is 0 Å². The summed E-state index contributed by atoms with van der Waals surface area (Å²) >= 11 is 0. The molecule has 0 aliphatic carbocycles. The Morgan fingerprint density at radius 3 is 2.57 bits per heavy atom. The van der Waals surface area contributed by atoms with Gasteiger partial charge >= 0.3 is 0 Å². The molecule has 0 aromatic heterocycles. The van der Waals surface area contributed by atoms with Gasteiger partial charge in [-0.2, -0.15) is 0 Å². The third-order valence-electron chi connectivity index (χ3n) is 2.10. The fraction of sp³-hybridized carbons (Fsp3) is 0.538. The summed E-state index contributed by atoms with van der Waals surface area (Å²) < 4.78 is 5.56. The van der Waals surface area contributed by atoms with Crippen LogP contribution in [0.15, 0.2) is 18.2 Å². The van der Waals surface area contributed by atoms with Crippen LogP contribution in [0.4, 0.5) is 0 Å². The van der Waals surface area contributed by atoms with E-state index in [4.69, 9.17) is 4.74 Å². The second-order valence-corrected chi connectivity index (χ2v) is 4.56. The lowest BCUT2D eigenvalue weighted by atomic mass is 9.87. The van der Waals surface area contributed by atoms with E-state index in [1.54, 1.807) is 0 Å². The van der Waals surface area contributed by atoms with Crippen molar-refractivity contribution >= 4 is 0 Å². The molecular formula is C13H19O. The first-order chi connectivity index (χ1) is 6.54. The monoisotopic (exact) mass is 191 g/mol. The maximum absolute atomic E-state index is 5.56. The summed E-state index contributed by atoms with van der Waals surface area (Å²) in [5.41, 5.74) is 1.44. The second kappa shape index (κ2) is 4.50. The molecule has 0 atom stereocenters. The minimum absolute atomic E-state index is 0.169. The van der Waals surface area contributed by atoms with E-state index in [-0.39, 0.29) is 5.41 Å². The molecule has 0 saturated carbocycles. The Balaban J connectivity index is 2.79. The van der Waals surface area contributed by atoms with Gasteiger partial charge in [-0.05, 0) is 35.6 Å². The largest absolute Gasteiger partial charge is 0.494 e. The van der Waals surface area contributed by atoms with Crippen LogP contribution in [0.1, 0.15) is 39.7 Å². The number of hydrogen-bond acceptors (Lipinski definition) is 1. The Hall–Kier alpha value is -0.980. The zero-order valence-corrected chi connectivity index (χ0v) is 9.55. The Labute approximate surface area is 87.1 Å². The Kier molecular flexibility index (Phi) is 3.56. The number of ether oxygens (including phenoxy) is 1. The molecule has 0 amide bonds. The van der Waals surface area contributed by atoms with Gasteiger partial charge in [-0.1, -0.05) is 33.8 Å². The van der Waals surface area contributed by atoms with Crippen molar-refractivity contribution in [3.8, 4) is 5.75 Å². The smallest absolute Gasteiger partial charge is 0.120 e. The average molecular weight is 191 g/mol. The van der Waals surface area contributed by atoms with Crippen LogP contribution >= 0.6 is 0 Å². The van der Waals surface area contributed by atoms with Crippen LogP contribution in [0.3, 0.4) is 0 Å². The van der Waals surface area contributed by atoms with E-state index >= 15 is 0 Å². The lowest BCUT2D eigenvalue weighted by Crippen LogP contribution is -2.11. The van der Waals surface area contributed by atoms with Crippen molar-refractivity contribution in [3.05, 3.63) is 29.8 Å². The van der Waals surface area contributed by atoms with Crippen molar-refractivity contribution in [1.82, 2.24) is 0 Å². The predicted octanol–water partition coefficient (Wildman–Crippen LogP) is 3.57. The molecule has 0 N–H and O–H groups in total. The SMILES string of the molecule is CCCOc1c[c]cc(C(C)(C)C)c1. The molecule has 0 heterocycles. The van der Waals surface area contributed by atoms with E-state index in [1.165, 1.54) is 5.56 Å². The van der Waals surface area contributed by atoms with Gasteiger partial charge in [0.1, 0.15) is 5.75 Å². The zero-order chi connectivity index (χ0) is 10.6. The molecule has 1 radical (unpaired) electrons. The quantitative estimate of drug-likeness (QED) is 0.709. The number of hydrogen-bond donors (Lipinski definition) is 0. The second-order valence-electron chi connectivity index (χ2n) is 4.56. The fourth-order valence-electron chi connectivity index (χ4n) is 1.19. The van der Waals surface area contributed by atoms with Gasteiger partial charge in [0.15, 0.2) is 0 Å². The van der Waals surface area contributed by atoms with Gasteiger partial charge in [0.2, 0.25) is 0 Å². The molecule has 1 aromatic carbocycles. The van der Waals surface area contributed by atoms with E-state index in [0.29, 0.717) is 0 Å². The van der Waals surface area contributed by atoms with Gasteiger partial charge in [-0.3, -0.25) is 0 Å². The topological polar surface area (TPSA) is 9.23 Å². The molecule has 0 fully saturated rings. The van der Waals surface area contributed by atoms with Crippen molar-refractivity contribution < 1.29 is 4.74 Å². The zero-order valence-electron chi connectivity index (χ0n) is 9.55. The summed E-state index contributed by atoms with van der Waals surface area (Å²) in [7, 11) is 0. The minimum atomic E-state index is 0.169. The Morgan fingerprint density at radius 2 is 2.00 bits per heavy atom.